The van der Waals surface area contributed by atoms with E-state index in [-0.39, 0.29) is 23.8 Å². The van der Waals surface area contributed by atoms with Gasteiger partial charge >= 0.3 is 6.36 Å². The molecular weight excluding hydrogens is 313 g/mol. The summed E-state index contributed by atoms with van der Waals surface area (Å²) >= 11 is 0. The van der Waals surface area contributed by atoms with Gasteiger partial charge in [0.05, 0.1) is 12.1 Å². The van der Waals surface area contributed by atoms with E-state index < -0.39 is 6.36 Å². The van der Waals surface area contributed by atoms with E-state index in [0.29, 0.717) is 31.6 Å². The summed E-state index contributed by atoms with van der Waals surface area (Å²) in [7, 11) is 0. The number of nitrogens with zero attached hydrogens (tertiary/aromatic N) is 1. The number of hydrogen-bond acceptors (Lipinski definition) is 4. The van der Waals surface area contributed by atoms with Gasteiger partial charge in [-0.25, -0.2) is 0 Å². The van der Waals surface area contributed by atoms with Gasteiger partial charge in [-0.15, -0.1) is 13.2 Å². The lowest BCUT2D eigenvalue weighted by molar-refractivity contribution is -0.274. The molecule has 1 heterocycles. The van der Waals surface area contributed by atoms with Crippen LogP contribution < -0.4 is 10.1 Å². The average Bonchev–Trinajstić information content (AvgIpc) is 2.48. The Balaban J connectivity index is 1.89. The summed E-state index contributed by atoms with van der Waals surface area (Å²) < 4.78 is 40.0. The highest BCUT2D eigenvalue weighted by atomic mass is 19.4. The first-order valence-corrected chi connectivity index (χ1v) is 7.33. The lowest BCUT2D eigenvalue weighted by atomic mass is 10.1. The minimum atomic E-state index is -4.74. The maximum Gasteiger partial charge on any atom is 0.573 e. The molecule has 0 saturated carbocycles. The number of carbonyl (C=O) groups is 1. The van der Waals surface area contributed by atoms with Crippen molar-refractivity contribution in [2.75, 3.05) is 18.4 Å². The molecule has 1 aromatic rings. The van der Waals surface area contributed by atoms with Gasteiger partial charge in [-0.1, -0.05) is 0 Å². The first-order valence-electron chi connectivity index (χ1n) is 7.33. The van der Waals surface area contributed by atoms with E-state index in [9.17, 15) is 23.1 Å². The molecule has 0 aromatic heterocycles. The lowest BCUT2D eigenvalue weighted by Crippen LogP contribution is -2.47. The van der Waals surface area contributed by atoms with Gasteiger partial charge < -0.3 is 15.2 Å². The zero-order valence-electron chi connectivity index (χ0n) is 12.6. The maximum absolute atomic E-state index is 12.2. The molecule has 0 aliphatic carbocycles. The predicted octanol–water partition coefficient (Wildman–Crippen LogP) is 2.37. The molecule has 1 atom stereocenters. The van der Waals surface area contributed by atoms with Gasteiger partial charge in [0.2, 0.25) is 5.91 Å². The molecular formula is C15H19F3N2O3. The van der Waals surface area contributed by atoms with Crippen LogP contribution in [0.5, 0.6) is 5.75 Å². The minimum Gasteiger partial charge on any atom is -0.406 e. The van der Waals surface area contributed by atoms with Gasteiger partial charge in [-0.05, 0) is 44.0 Å². The normalized spacial score (nSPS) is 18.5. The first-order chi connectivity index (χ1) is 10.7. The highest BCUT2D eigenvalue weighted by Gasteiger charge is 2.31. The van der Waals surface area contributed by atoms with Crippen molar-refractivity contribution < 1.29 is 27.8 Å². The van der Waals surface area contributed by atoms with E-state index in [0.717, 1.165) is 12.1 Å². The van der Waals surface area contributed by atoms with Crippen LogP contribution in [-0.4, -0.2) is 47.5 Å². The Morgan fingerprint density at radius 2 is 1.87 bits per heavy atom. The number of ether oxygens (including phenoxy) is 1. The van der Waals surface area contributed by atoms with Crippen LogP contribution in [0.2, 0.25) is 0 Å². The fourth-order valence-electron chi connectivity index (χ4n) is 2.43. The molecule has 1 fully saturated rings. The van der Waals surface area contributed by atoms with E-state index in [4.69, 9.17) is 0 Å². The Bertz CT molecular complexity index is 526. The number of rotatable bonds is 4. The topological polar surface area (TPSA) is 61.8 Å². The molecule has 1 aliphatic heterocycles. The molecule has 0 bridgehead atoms. The number of carbonyl (C=O) groups excluding carboxylic acids is 1. The lowest BCUT2D eigenvalue weighted by Gasteiger charge is -2.33. The van der Waals surface area contributed by atoms with E-state index in [2.05, 4.69) is 10.1 Å². The molecule has 8 heteroatoms. The number of likely N-dealkylation sites (tertiary alicyclic amines) is 1. The van der Waals surface area contributed by atoms with E-state index in [1.807, 2.05) is 4.90 Å². The van der Waals surface area contributed by atoms with Crippen LogP contribution >= 0.6 is 0 Å². The van der Waals surface area contributed by atoms with Crippen LogP contribution in [0.3, 0.4) is 0 Å². The summed E-state index contributed by atoms with van der Waals surface area (Å²) in [6.45, 7) is 3.02. The molecule has 1 saturated heterocycles. The van der Waals surface area contributed by atoms with Gasteiger partial charge in [-0.2, -0.15) is 0 Å². The molecule has 5 nitrogen and oxygen atoms in total. The summed E-state index contributed by atoms with van der Waals surface area (Å²) in [6.07, 6.45) is -3.80. The number of piperidine rings is 1. The molecule has 1 aliphatic rings. The van der Waals surface area contributed by atoms with E-state index in [1.165, 1.54) is 12.1 Å². The third-order valence-corrected chi connectivity index (χ3v) is 3.78. The van der Waals surface area contributed by atoms with Crippen LogP contribution in [0.4, 0.5) is 18.9 Å². The molecule has 128 valence electrons. The number of nitrogens with one attached hydrogen (secondary N) is 1. The van der Waals surface area contributed by atoms with Gasteiger partial charge in [0.25, 0.3) is 0 Å². The van der Waals surface area contributed by atoms with Crippen molar-refractivity contribution in [1.29, 1.82) is 0 Å². The molecule has 2 rings (SSSR count). The monoisotopic (exact) mass is 332 g/mol. The minimum absolute atomic E-state index is 0.245. The fourth-order valence-corrected chi connectivity index (χ4v) is 2.43. The Kier molecular flexibility index (Phi) is 5.48. The highest BCUT2D eigenvalue weighted by Crippen LogP contribution is 2.24. The van der Waals surface area contributed by atoms with Crippen LogP contribution in [-0.2, 0) is 4.79 Å². The van der Waals surface area contributed by atoms with Crippen LogP contribution in [0, 0.1) is 0 Å². The average molecular weight is 332 g/mol. The van der Waals surface area contributed by atoms with Crippen LogP contribution in [0.1, 0.15) is 19.8 Å². The Labute approximate surface area is 132 Å². The summed E-state index contributed by atoms with van der Waals surface area (Å²) in [5.41, 5.74) is 0.397. The van der Waals surface area contributed by atoms with Gasteiger partial charge in [0.15, 0.2) is 0 Å². The summed E-state index contributed by atoms with van der Waals surface area (Å²) in [4.78, 5) is 14.1. The summed E-state index contributed by atoms with van der Waals surface area (Å²) in [6, 6.07) is 4.61. The highest BCUT2D eigenvalue weighted by molar-refractivity contribution is 5.94. The van der Waals surface area contributed by atoms with Crippen molar-refractivity contribution in [3.63, 3.8) is 0 Å². The number of amides is 1. The largest absolute Gasteiger partial charge is 0.573 e. The molecule has 1 aromatic carbocycles. The van der Waals surface area contributed by atoms with Gasteiger partial charge in [0.1, 0.15) is 5.75 Å². The number of hydrogen-bond donors (Lipinski definition) is 2. The standard InChI is InChI=1S/C15H19F3N2O3/c1-10(20-8-6-12(21)7-9-20)14(22)19-11-2-4-13(5-3-11)23-15(16,17)18/h2-5,10,12,21H,6-9H2,1H3,(H,19,22)/t10-/m1/s1. The quantitative estimate of drug-likeness (QED) is 0.889. The summed E-state index contributed by atoms with van der Waals surface area (Å²) in [5.74, 6) is -0.584. The van der Waals surface area contributed by atoms with Crippen LogP contribution in [0.25, 0.3) is 0 Å². The number of aliphatic hydroxyl groups excluding tert-OH is 1. The third-order valence-electron chi connectivity index (χ3n) is 3.78. The second-order valence-electron chi connectivity index (χ2n) is 5.50. The number of halogens is 3. The van der Waals surface area contributed by atoms with Crippen molar-refractivity contribution in [1.82, 2.24) is 4.90 Å². The smallest absolute Gasteiger partial charge is 0.406 e. The Morgan fingerprint density at radius 1 is 1.30 bits per heavy atom. The summed E-state index contributed by atoms with van der Waals surface area (Å²) in [5, 5.41) is 12.1. The van der Waals surface area contributed by atoms with Crippen LogP contribution in [0.15, 0.2) is 24.3 Å². The number of benzene rings is 1. The Morgan fingerprint density at radius 3 is 2.39 bits per heavy atom. The first kappa shape index (κ1) is 17.6. The van der Waals surface area contributed by atoms with Crippen molar-refractivity contribution in [3.05, 3.63) is 24.3 Å². The number of alkyl halides is 3. The zero-order chi connectivity index (χ0) is 17.0. The van der Waals surface area contributed by atoms with Gasteiger partial charge in [-0.3, -0.25) is 9.69 Å². The van der Waals surface area contributed by atoms with E-state index in [1.54, 1.807) is 6.92 Å². The second-order valence-corrected chi connectivity index (χ2v) is 5.50. The SMILES string of the molecule is C[C@H](C(=O)Nc1ccc(OC(F)(F)F)cc1)N1CCC(O)CC1. The van der Waals surface area contributed by atoms with Crippen molar-refractivity contribution >= 4 is 11.6 Å². The number of aliphatic hydroxyl groups is 1. The maximum atomic E-state index is 12.2. The number of anilines is 1. The van der Waals surface area contributed by atoms with Crippen molar-refractivity contribution in [3.8, 4) is 5.75 Å². The molecule has 23 heavy (non-hydrogen) atoms. The predicted molar refractivity (Wildman–Crippen MR) is 78.0 cm³/mol. The molecule has 1 amide bonds. The zero-order valence-corrected chi connectivity index (χ0v) is 12.6. The Hall–Kier alpha value is -1.80. The second kappa shape index (κ2) is 7.18. The molecule has 2 N–H and O–H groups in total. The fraction of sp³-hybridized carbons (Fsp3) is 0.533. The molecule has 0 spiro atoms. The van der Waals surface area contributed by atoms with E-state index >= 15 is 0 Å². The third kappa shape index (κ3) is 5.40. The molecule has 0 radical (unpaired) electrons. The van der Waals surface area contributed by atoms with Crippen molar-refractivity contribution in [2.45, 2.75) is 38.3 Å². The molecule has 0 unspecified atom stereocenters. The van der Waals surface area contributed by atoms with Crippen molar-refractivity contribution in [2.24, 2.45) is 0 Å². The van der Waals surface area contributed by atoms with Gasteiger partial charge in [0, 0.05) is 18.8 Å².